The van der Waals surface area contributed by atoms with Gasteiger partial charge in [0.2, 0.25) is 0 Å². The Morgan fingerprint density at radius 1 is 1.23 bits per heavy atom. The lowest BCUT2D eigenvalue weighted by Gasteiger charge is -2.08. The second-order valence-electron chi connectivity index (χ2n) is 5.43. The number of likely N-dealkylation sites (N-methyl/N-ethyl adjacent to an activating group) is 1. The van der Waals surface area contributed by atoms with Crippen LogP contribution < -0.4 is 0 Å². The fourth-order valence-corrected chi connectivity index (χ4v) is 3.50. The number of carbonyl (C=O) groups is 2. The number of aliphatic imine (C=N–C) groups is 1. The molecule has 0 saturated carbocycles. The Kier molecular flexibility index (Phi) is 5.15. The van der Waals surface area contributed by atoms with Gasteiger partial charge in [0, 0.05) is 11.5 Å². The predicted octanol–water partition coefficient (Wildman–Crippen LogP) is 4.09. The quantitative estimate of drug-likeness (QED) is 0.712. The number of thioether (sulfide) groups is 1. The lowest BCUT2D eigenvalue weighted by molar-refractivity contribution is -0.121. The summed E-state index contributed by atoms with van der Waals surface area (Å²) in [5.41, 5.74) is 0.904. The average Bonchev–Trinajstić information content (AvgIpc) is 2.86. The van der Waals surface area contributed by atoms with E-state index < -0.39 is 5.97 Å². The number of nitrogens with zero attached hydrogens (tertiary/aromatic N) is 2. The number of amides is 1. The third-order valence-corrected chi connectivity index (χ3v) is 5.19. The molecule has 0 spiro atoms. The average molecular weight is 433 g/mol. The minimum absolute atomic E-state index is 0.135. The molecule has 132 valence electrons. The molecule has 0 aromatic heterocycles. The van der Waals surface area contributed by atoms with Gasteiger partial charge in [0.15, 0.2) is 5.17 Å². The lowest BCUT2D eigenvalue weighted by Crippen LogP contribution is -2.23. The molecule has 1 heterocycles. The van der Waals surface area contributed by atoms with Gasteiger partial charge < -0.3 is 10.2 Å². The SMILES string of the molecule is CN1C(=O)/C(=C/c2ccc(Br)cc2)SC1=Nc1ccc(O)cc1C(=O)O. The zero-order valence-corrected chi connectivity index (χ0v) is 15.9. The molecule has 2 aromatic carbocycles. The van der Waals surface area contributed by atoms with Gasteiger partial charge in [-0.1, -0.05) is 28.1 Å². The number of rotatable bonds is 3. The van der Waals surface area contributed by atoms with Gasteiger partial charge >= 0.3 is 5.97 Å². The largest absolute Gasteiger partial charge is 0.508 e. The minimum atomic E-state index is -1.21. The van der Waals surface area contributed by atoms with Crippen molar-refractivity contribution in [1.29, 1.82) is 0 Å². The first kappa shape index (κ1) is 18.2. The maximum Gasteiger partial charge on any atom is 0.338 e. The summed E-state index contributed by atoms with van der Waals surface area (Å²) >= 11 is 4.53. The summed E-state index contributed by atoms with van der Waals surface area (Å²) in [6.45, 7) is 0. The topological polar surface area (TPSA) is 90.2 Å². The second kappa shape index (κ2) is 7.35. The molecule has 26 heavy (non-hydrogen) atoms. The molecule has 0 bridgehead atoms. The molecule has 2 N–H and O–H groups in total. The summed E-state index contributed by atoms with van der Waals surface area (Å²) in [6.07, 6.45) is 1.76. The molecule has 6 nitrogen and oxygen atoms in total. The van der Waals surface area contributed by atoms with E-state index in [0.717, 1.165) is 16.1 Å². The van der Waals surface area contributed by atoms with Crippen LogP contribution in [-0.4, -0.2) is 39.2 Å². The fourth-order valence-electron chi connectivity index (χ4n) is 2.26. The number of aromatic hydroxyl groups is 1. The van der Waals surface area contributed by atoms with Crippen molar-refractivity contribution in [2.45, 2.75) is 0 Å². The Morgan fingerprint density at radius 3 is 2.58 bits per heavy atom. The lowest BCUT2D eigenvalue weighted by atomic mass is 10.2. The van der Waals surface area contributed by atoms with Crippen LogP contribution in [0, 0.1) is 0 Å². The number of phenols is 1. The highest BCUT2D eigenvalue weighted by atomic mass is 79.9. The van der Waals surface area contributed by atoms with E-state index in [1.54, 1.807) is 13.1 Å². The van der Waals surface area contributed by atoms with Crippen molar-refractivity contribution in [2.75, 3.05) is 7.05 Å². The molecule has 3 rings (SSSR count). The van der Waals surface area contributed by atoms with Crippen molar-refractivity contribution in [3.05, 3.63) is 63.0 Å². The Bertz CT molecular complexity index is 954. The Balaban J connectivity index is 1.95. The zero-order valence-electron chi connectivity index (χ0n) is 13.5. The van der Waals surface area contributed by atoms with E-state index in [0.29, 0.717) is 10.1 Å². The van der Waals surface area contributed by atoms with Crippen molar-refractivity contribution < 1.29 is 19.8 Å². The number of phenolic OH excluding ortho intramolecular Hbond substituents is 1. The maximum absolute atomic E-state index is 12.4. The number of amidine groups is 1. The van der Waals surface area contributed by atoms with Gasteiger partial charge in [0.1, 0.15) is 5.75 Å². The van der Waals surface area contributed by atoms with Crippen LogP contribution in [0.5, 0.6) is 5.75 Å². The summed E-state index contributed by atoms with van der Waals surface area (Å²) in [4.78, 5) is 29.9. The van der Waals surface area contributed by atoms with Crippen LogP contribution in [0.25, 0.3) is 6.08 Å². The highest BCUT2D eigenvalue weighted by Crippen LogP contribution is 2.34. The predicted molar refractivity (Wildman–Crippen MR) is 105 cm³/mol. The molecule has 0 radical (unpaired) electrons. The third-order valence-electron chi connectivity index (χ3n) is 3.60. The number of hydrogen-bond donors (Lipinski definition) is 2. The number of halogens is 1. The maximum atomic E-state index is 12.4. The molecule has 1 aliphatic rings. The molecule has 8 heteroatoms. The van der Waals surface area contributed by atoms with Crippen LogP contribution in [0.3, 0.4) is 0 Å². The van der Waals surface area contributed by atoms with E-state index in [2.05, 4.69) is 20.9 Å². The fraction of sp³-hybridized carbons (Fsp3) is 0.0556. The monoisotopic (exact) mass is 432 g/mol. The molecular formula is C18H13BrN2O4S. The van der Waals surface area contributed by atoms with Gasteiger partial charge in [-0.15, -0.1) is 0 Å². The van der Waals surface area contributed by atoms with Gasteiger partial charge in [0.05, 0.1) is 16.2 Å². The van der Waals surface area contributed by atoms with Crippen molar-refractivity contribution in [3.63, 3.8) is 0 Å². The van der Waals surface area contributed by atoms with Gasteiger partial charge in [-0.2, -0.15) is 0 Å². The second-order valence-corrected chi connectivity index (χ2v) is 7.35. The van der Waals surface area contributed by atoms with E-state index in [4.69, 9.17) is 0 Å². The zero-order chi connectivity index (χ0) is 18.8. The van der Waals surface area contributed by atoms with Crippen LogP contribution in [0.4, 0.5) is 5.69 Å². The molecule has 1 amide bonds. The summed E-state index contributed by atoms with van der Waals surface area (Å²) in [7, 11) is 1.58. The van der Waals surface area contributed by atoms with Crippen molar-refractivity contribution in [3.8, 4) is 5.75 Å². The van der Waals surface area contributed by atoms with Gasteiger partial charge in [-0.25, -0.2) is 9.79 Å². The van der Waals surface area contributed by atoms with Crippen molar-refractivity contribution >= 4 is 56.5 Å². The number of hydrogen-bond acceptors (Lipinski definition) is 5. The number of carboxylic acids is 1. The van der Waals surface area contributed by atoms with Gasteiger partial charge in [-0.05, 0) is 53.7 Å². The van der Waals surface area contributed by atoms with E-state index in [9.17, 15) is 19.8 Å². The van der Waals surface area contributed by atoms with E-state index >= 15 is 0 Å². The van der Waals surface area contributed by atoms with Crippen molar-refractivity contribution in [2.24, 2.45) is 4.99 Å². The van der Waals surface area contributed by atoms with E-state index in [1.807, 2.05) is 24.3 Å². The van der Waals surface area contributed by atoms with Crippen LogP contribution in [0.15, 0.2) is 56.8 Å². The Hall–Kier alpha value is -2.58. The summed E-state index contributed by atoms with van der Waals surface area (Å²) in [5, 5.41) is 19.1. The molecule has 0 unspecified atom stereocenters. The summed E-state index contributed by atoms with van der Waals surface area (Å²) in [6, 6.07) is 11.4. The number of benzene rings is 2. The van der Waals surface area contributed by atoms with Crippen LogP contribution in [-0.2, 0) is 4.79 Å². The molecule has 1 fully saturated rings. The van der Waals surface area contributed by atoms with Crippen LogP contribution in [0.2, 0.25) is 0 Å². The summed E-state index contributed by atoms with van der Waals surface area (Å²) < 4.78 is 0.943. The molecule has 1 aliphatic heterocycles. The normalized spacial score (nSPS) is 17.3. The number of carboxylic acid groups (broad SMARTS) is 1. The summed E-state index contributed by atoms with van der Waals surface area (Å²) in [5.74, 6) is -1.58. The molecule has 2 aromatic rings. The Morgan fingerprint density at radius 2 is 1.92 bits per heavy atom. The van der Waals surface area contributed by atoms with Gasteiger partial charge in [0.25, 0.3) is 5.91 Å². The molecule has 0 aliphatic carbocycles. The highest BCUT2D eigenvalue weighted by molar-refractivity contribution is 9.10. The molecular weight excluding hydrogens is 420 g/mol. The third kappa shape index (κ3) is 3.81. The van der Waals surface area contributed by atoms with Crippen LogP contribution in [0.1, 0.15) is 15.9 Å². The smallest absolute Gasteiger partial charge is 0.338 e. The standard InChI is InChI=1S/C18H13BrN2O4S/c1-21-16(23)15(8-10-2-4-11(19)5-3-10)26-18(21)20-14-7-6-12(22)9-13(14)17(24)25/h2-9,22H,1H3,(H,24,25)/b15-8-,20-18?. The highest BCUT2D eigenvalue weighted by Gasteiger charge is 2.30. The number of aromatic carboxylic acids is 1. The molecule has 1 saturated heterocycles. The van der Waals surface area contributed by atoms with E-state index in [-0.39, 0.29) is 22.9 Å². The number of carbonyl (C=O) groups excluding carboxylic acids is 1. The first-order chi connectivity index (χ1) is 12.3. The molecule has 0 atom stereocenters. The minimum Gasteiger partial charge on any atom is -0.508 e. The Labute approximate surface area is 162 Å². The van der Waals surface area contributed by atoms with Crippen LogP contribution >= 0.6 is 27.7 Å². The van der Waals surface area contributed by atoms with Crippen molar-refractivity contribution in [1.82, 2.24) is 4.90 Å². The first-order valence-electron chi connectivity index (χ1n) is 7.43. The first-order valence-corrected chi connectivity index (χ1v) is 9.04. The van der Waals surface area contributed by atoms with E-state index in [1.165, 1.54) is 28.8 Å². The van der Waals surface area contributed by atoms with Gasteiger partial charge in [-0.3, -0.25) is 9.69 Å².